The van der Waals surface area contributed by atoms with E-state index >= 15 is 0 Å². The van der Waals surface area contributed by atoms with Gasteiger partial charge in [0.05, 0.1) is 29.2 Å². The zero-order valence-corrected chi connectivity index (χ0v) is 26.8. The lowest BCUT2D eigenvalue weighted by molar-refractivity contribution is -0.111. The molecule has 0 spiro atoms. The van der Waals surface area contributed by atoms with Gasteiger partial charge in [-0.3, -0.25) is 4.79 Å². The lowest BCUT2D eigenvalue weighted by atomic mass is 9.88. The summed E-state index contributed by atoms with van der Waals surface area (Å²) in [5.41, 5.74) is 7.11. The second-order valence-corrected chi connectivity index (χ2v) is 12.1. The number of ether oxygens (including phenoxy) is 1. The molecule has 2 N–H and O–H groups in total. The van der Waals surface area contributed by atoms with Gasteiger partial charge < -0.3 is 15.4 Å². The fourth-order valence-corrected chi connectivity index (χ4v) is 6.03. The summed E-state index contributed by atoms with van der Waals surface area (Å²) >= 11 is 0. The fourth-order valence-electron chi connectivity index (χ4n) is 6.03. The third kappa shape index (κ3) is 6.53. The minimum Gasteiger partial charge on any atom is -0.381 e. The van der Waals surface area contributed by atoms with Gasteiger partial charge in [-0.05, 0) is 73.8 Å². The van der Waals surface area contributed by atoms with E-state index in [0.29, 0.717) is 41.7 Å². The quantitative estimate of drug-likeness (QED) is 0.124. The Morgan fingerprint density at radius 2 is 1.89 bits per heavy atom. The molecule has 1 aliphatic carbocycles. The number of aryl methyl sites for hydroxylation is 1. The van der Waals surface area contributed by atoms with Gasteiger partial charge in [-0.2, -0.15) is 19.6 Å². The van der Waals surface area contributed by atoms with E-state index in [9.17, 15) is 4.79 Å². The smallest absolute Gasteiger partial charge is 0.254 e. The molecule has 0 aliphatic heterocycles. The first-order valence-electron chi connectivity index (χ1n) is 15.8. The average molecular weight is 617 g/mol. The van der Waals surface area contributed by atoms with Crippen LogP contribution in [0.4, 0.5) is 17.6 Å². The van der Waals surface area contributed by atoms with Crippen molar-refractivity contribution in [1.82, 2.24) is 24.6 Å². The van der Waals surface area contributed by atoms with Crippen LogP contribution < -0.4 is 10.6 Å². The maximum absolute atomic E-state index is 12.1. The van der Waals surface area contributed by atoms with Gasteiger partial charge >= 0.3 is 0 Å². The molecule has 0 atom stereocenters. The van der Waals surface area contributed by atoms with Crippen molar-refractivity contribution in [3.63, 3.8) is 0 Å². The Hall–Kier alpha value is -4.96. The number of carbonyl (C=O) groups excluding carboxylic acids is 1. The van der Waals surface area contributed by atoms with Crippen LogP contribution in [0, 0.1) is 12.8 Å². The number of rotatable bonds is 10. The maximum Gasteiger partial charge on any atom is 0.254 e. The number of methoxy groups -OCH3 is 1. The first kappa shape index (κ1) is 31.0. The summed E-state index contributed by atoms with van der Waals surface area (Å²) in [5.74, 6) is 1.33. The second kappa shape index (κ2) is 13.6. The number of carbonyl (C=O) groups is 1. The molecule has 46 heavy (non-hydrogen) atoms. The van der Waals surface area contributed by atoms with Crippen molar-refractivity contribution >= 4 is 46.3 Å². The van der Waals surface area contributed by atoms with Crippen LogP contribution in [0.3, 0.4) is 0 Å². The molecule has 5 aromatic rings. The Kier molecular flexibility index (Phi) is 9.16. The zero-order valence-electron chi connectivity index (χ0n) is 26.8. The monoisotopic (exact) mass is 616 g/mol. The van der Waals surface area contributed by atoms with Crippen LogP contribution in [0.15, 0.2) is 72.4 Å². The van der Waals surface area contributed by atoms with Crippen LogP contribution in [0.25, 0.3) is 27.8 Å². The van der Waals surface area contributed by atoms with E-state index in [1.165, 1.54) is 6.08 Å². The molecular formula is C36H40N8O2. The van der Waals surface area contributed by atoms with Crippen LogP contribution in [0.1, 0.15) is 62.1 Å². The highest BCUT2D eigenvalue weighted by molar-refractivity contribution is 6.05. The van der Waals surface area contributed by atoms with Crippen LogP contribution in [-0.2, 0) is 16.1 Å². The van der Waals surface area contributed by atoms with E-state index in [4.69, 9.17) is 24.7 Å². The van der Waals surface area contributed by atoms with Crippen molar-refractivity contribution in [1.29, 1.82) is 0 Å². The average Bonchev–Trinajstić information content (AvgIpc) is 3.51. The fraction of sp³-hybridized carbons (Fsp3) is 0.333. The Morgan fingerprint density at radius 3 is 2.65 bits per heavy atom. The van der Waals surface area contributed by atoms with Gasteiger partial charge in [0.25, 0.3) is 5.95 Å². The van der Waals surface area contributed by atoms with Crippen LogP contribution >= 0.6 is 0 Å². The molecule has 1 saturated carbocycles. The minimum absolute atomic E-state index is 0.240. The minimum atomic E-state index is -0.280. The molecule has 1 amide bonds. The highest BCUT2D eigenvalue weighted by Gasteiger charge is 2.20. The molecule has 6 rings (SSSR count). The lowest BCUT2D eigenvalue weighted by Crippen LogP contribution is -2.20. The topological polar surface area (TPSA) is 119 Å². The predicted molar refractivity (Wildman–Crippen MR) is 184 cm³/mol. The first-order valence-corrected chi connectivity index (χ1v) is 15.8. The van der Waals surface area contributed by atoms with Gasteiger partial charge in [-0.15, -0.1) is 0 Å². The second-order valence-electron chi connectivity index (χ2n) is 12.1. The van der Waals surface area contributed by atoms with Crippen LogP contribution in [0.5, 0.6) is 0 Å². The molecule has 2 aromatic carbocycles. The summed E-state index contributed by atoms with van der Waals surface area (Å²) < 4.78 is 7.30. The number of aromatic nitrogens is 5. The Balaban J connectivity index is 1.33. The van der Waals surface area contributed by atoms with E-state index < -0.39 is 0 Å². The highest BCUT2D eigenvalue weighted by Crippen LogP contribution is 2.31. The molecule has 3 aromatic heterocycles. The summed E-state index contributed by atoms with van der Waals surface area (Å²) in [6.07, 6.45) is 9.62. The number of nitrogens with one attached hydrogen (secondary N) is 2. The first-order chi connectivity index (χ1) is 22.3. The van der Waals surface area contributed by atoms with Gasteiger partial charge in [0, 0.05) is 36.4 Å². The molecule has 10 nitrogen and oxygen atoms in total. The van der Waals surface area contributed by atoms with Gasteiger partial charge in [0.2, 0.25) is 11.9 Å². The van der Waals surface area contributed by atoms with Crippen molar-refractivity contribution in [3.05, 3.63) is 84.1 Å². The lowest BCUT2D eigenvalue weighted by Gasteiger charge is -2.24. The molecule has 0 saturated heterocycles. The van der Waals surface area contributed by atoms with E-state index in [2.05, 4.69) is 55.2 Å². The van der Waals surface area contributed by atoms with E-state index in [1.54, 1.807) is 11.6 Å². The molecule has 0 radical (unpaired) electrons. The number of hydrogen-bond acceptors (Lipinski definition) is 8. The van der Waals surface area contributed by atoms with Gasteiger partial charge in [0.1, 0.15) is 0 Å². The number of amides is 1. The maximum atomic E-state index is 12.1. The SMILES string of the molecule is C=CC(=O)Nc1cccc2ccc(-c3cccc(C)c3CNc3nc(N=CC4CCC(OC)CC4)nc4c(C(C)C)cnn34)nc12. The molecule has 10 heteroatoms. The number of fused-ring (bicyclic) bond motifs is 2. The molecule has 3 heterocycles. The van der Waals surface area contributed by atoms with Gasteiger partial charge in [0.15, 0.2) is 5.65 Å². The largest absolute Gasteiger partial charge is 0.381 e. The Bertz CT molecular complexity index is 1920. The summed E-state index contributed by atoms with van der Waals surface area (Å²) in [5, 5.41) is 12.0. The normalized spacial score (nSPS) is 16.8. The standard InChI is InChI=1S/C36H40N8O2/c1-6-32(45)40-31-12-8-10-25-15-18-30(41-33(25)31)27-11-7-9-23(4)29(27)20-38-36-43-35(37-19-24-13-16-26(46-5)17-14-24)42-34-28(22(2)3)21-39-44(34)36/h6-12,15,18-19,21-22,24,26H,1,13-14,16-17,20H2,2-5H3,(H,40,45)(H,38,42,43). The van der Waals surface area contributed by atoms with Crippen molar-refractivity contribution in [2.24, 2.45) is 10.9 Å². The van der Waals surface area contributed by atoms with Crippen molar-refractivity contribution in [2.75, 3.05) is 17.7 Å². The van der Waals surface area contributed by atoms with Gasteiger partial charge in [-0.1, -0.05) is 56.8 Å². The third-order valence-electron chi connectivity index (χ3n) is 8.73. The Labute approximate surface area is 269 Å². The van der Waals surface area contributed by atoms with E-state index in [-0.39, 0.29) is 11.8 Å². The van der Waals surface area contributed by atoms with Crippen LogP contribution in [0.2, 0.25) is 0 Å². The van der Waals surface area contributed by atoms with Crippen molar-refractivity contribution in [3.8, 4) is 11.3 Å². The van der Waals surface area contributed by atoms with Crippen molar-refractivity contribution in [2.45, 2.75) is 65.0 Å². The molecule has 236 valence electrons. The number of hydrogen-bond donors (Lipinski definition) is 2. The summed E-state index contributed by atoms with van der Waals surface area (Å²) in [6.45, 7) is 10.4. The number of para-hydroxylation sites is 1. The van der Waals surface area contributed by atoms with Crippen LogP contribution in [-0.4, -0.2) is 49.9 Å². The third-order valence-corrected chi connectivity index (χ3v) is 8.73. The summed E-state index contributed by atoms with van der Waals surface area (Å²) in [7, 11) is 1.79. The molecular weight excluding hydrogens is 576 g/mol. The van der Waals surface area contributed by atoms with E-state index in [1.807, 2.05) is 48.8 Å². The molecule has 1 aliphatic rings. The number of pyridine rings is 1. The molecule has 1 fully saturated rings. The van der Waals surface area contributed by atoms with Crippen molar-refractivity contribution < 1.29 is 9.53 Å². The predicted octanol–water partition coefficient (Wildman–Crippen LogP) is 7.42. The number of anilines is 2. The summed E-state index contributed by atoms with van der Waals surface area (Å²) in [4.78, 5) is 31.5. The highest BCUT2D eigenvalue weighted by atomic mass is 16.5. The number of aliphatic imine (C=N–C) groups is 1. The Morgan fingerprint density at radius 1 is 1.09 bits per heavy atom. The summed E-state index contributed by atoms with van der Waals surface area (Å²) in [6, 6.07) is 16.0. The van der Waals surface area contributed by atoms with Gasteiger partial charge in [-0.25, -0.2) is 9.98 Å². The number of nitrogens with zero attached hydrogens (tertiary/aromatic N) is 6. The molecule has 0 unspecified atom stereocenters. The zero-order chi connectivity index (χ0) is 32.2. The van der Waals surface area contributed by atoms with E-state index in [0.717, 1.165) is 64.7 Å². The number of benzene rings is 2. The molecule has 0 bridgehead atoms.